The van der Waals surface area contributed by atoms with Gasteiger partial charge in [-0.3, -0.25) is 9.69 Å². The number of nitrogens with zero attached hydrogens (tertiary/aromatic N) is 3. The van der Waals surface area contributed by atoms with Crippen LogP contribution in [-0.2, 0) is 17.5 Å². The van der Waals surface area contributed by atoms with E-state index in [4.69, 9.17) is 9.63 Å². The lowest BCUT2D eigenvalue weighted by Crippen LogP contribution is -2.28. The van der Waals surface area contributed by atoms with Crippen LogP contribution in [0.1, 0.15) is 23.6 Å². The molecular formula is C27H24F3N3O3. The standard InChI is InChI=1S/C27H24F3N3O3/c1-3-33(16-24(34)35)15-18-8-10-19(11-9-18)25-31-26(36-32-25)20-12-13-22(23(14-20)27(28,29)30)21-7-5-4-6-17(21)2/h4-14H,3,15-16H2,1-2H3,(H,34,35). The number of aryl methyl sites for hydroxylation is 1. The number of aromatic nitrogens is 2. The Labute approximate surface area is 206 Å². The van der Waals surface area contributed by atoms with Crippen molar-refractivity contribution >= 4 is 5.97 Å². The quantitative estimate of drug-likeness (QED) is 0.309. The Morgan fingerprint density at radius 1 is 1.00 bits per heavy atom. The number of benzene rings is 3. The van der Waals surface area contributed by atoms with Gasteiger partial charge in [0, 0.05) is 17.7 Å². The molecule has 0 aliphatic carbocycles. The summed E-state index contributed by atoms with van der Waals surface area (Å²) >= 11 is 0. The van der Waals surface area contributed by atoms with Gasteiger partial charge in [0.2, 0.25) is 5.82 Å². The number of halogens is 3. The molecule has 0 aliphatic rings. The van der Waals surface area contributed by atoms with Gasteiger partial charge in [-0.25, -0.2) is 0 Å². The number of carboxylic acid groups (broad SMARTS) is 1. The van der Waals surface area contributed by atoms with Crippen LogP contribution in [0.25, 0.3) is 34.0 Å². The van der Waals surface area contributed by atoms with Crippen molar-refractivity contribution in [3.8, 4) is 34.0 Å². The van der Waals surface area contributed by atoms with Gasteiger partial charge in [-0.05, 0) is 47.9 Å². The average molecular weight is 496 g/mol. The second kappa shape index (κ2) is 10.3. The minimum atomic E-state index is -4.57. The molecular weight excluding hydrogens is 471 g/mol. The van der Waals surface area contributed by atoms with Crippen molar-refractivity contribution in [3.05, 3.63) is 83.4 Å². The number of aliphatic carboxylic acids is 1. The first-order chi connectivity index (χ1) is 17.2. The van der Waals surface area contributed by atoms with Crippen LogP contribution < -0.4 is 0 Å². The summed E-state index contributed by atoms with van der Waals surface area (Å²) in [5.41, 5.74) is 2.26. The normalized spacial score (nSPS) is 11.7. The van der Waals surface area contributed by atoms with Crippen molar-refractivity contribution in [2.24, 2.45) is 0 Å². The van der Waals surface area contributed by atoms with Crippen LogP contribution in [0.4, 0.5) is 13.2 Å². The van der Waals surface area contributed by atoms with Gasteiger partial charge in [0.25, 0.3) is 5.89 Å². The lowest BCUT2D eigenvalue weighted by molar-refractivity contribution is -0.138. The Morgan fingerprint density at radius 3 is 2.33 bits per heavy atom. The third-order valence-corrected chi connectivity index (χ3v) is 5.86. The topological polar surface area (TPSA) is 79.5 Å². The van der Waals surface area contributed by atoms with E-state index in [1.807, 2.05) is 19.1 Å². The van der Waals surface area contributed by atoms with E-state index in [0.717, 1.165) is 17.2 Å². The molecule has 0 bridgehead atoms. The molecule has 36 heavy (non-hydrogen) atoms. The van der Waals surface area contributed by atoms with E-state index in [2.05, 4.69) is 10.1 Å². The molecule has 4 rings (SSSR count). The van der Waals surface area contributed by atoms with E-state index in [0.29, 0.717) is 24.2 Å². The van der Waals surface area contributed by atoms with E-state index in [9.17, 15) is 18.0 Å². The van der Waals surface area contributed by atoms with Gasteiger partial charge in [-0.2, -0.15) is 18.2 Å². The Hall–Kier alpha value is -3.98. The number of rotatable bonds is 8. The van der Waals surface area contributed by atoms with Crippen LogP contribution in [0.3, 0.4) is 0 Å². The Bertz CT molecular complexity index is 1360. The number of alkyl halides is 3. The zero-order valence-electron chi connectivity index (χ0n) is 19.7. The van der Waals surface area contributed by atoms with Crippen LogP contribution in [0, 0.1) is 6.92 Å². The lowest BCUT2D eigenvalue weighted by atomic mass is 9.94. The minimum absolute atomic E-state index is 0.0190. The molecule has 0 fully saturated rings. The zero-order valence-corrected chi connectivity index (χ0v) is 19.7. The smallest absolute Gasteiger partial charge is 0.417 e. The fourth-order valence-electron chi connectivity index (χ4n) is 3.97. The van der Waals surface area contributed by atoms with Crippen molar-refractivity contribution in [2.45, 2.75) is 26.6 Å². The van der Waals surface area contributed by atoms with E-state index in [1.54, 1.807) is 54.3 Å². The molecule has 4 aromatic rings. The van der Waals surface area contributed by atoms with Gasteiger partial charge < -0.3 is 9.63 Å². The molecule has 3 aromatic carbocycles. The molecule has 0 saturated heterocycles. The molecule has 0 saturated carbocycles. The van der Waals surface area contributed by atoms with Crippen molar-refractivity contribution in [3.63, 3.8) is 0 Å². The summed E-state index contributed by atoms with van der Waals surface area (Å²) in [6.07, 6.45) is -4.57. The highest BCUT2D eigenvalue weighted by Gasteiger charge is 2.34. The number of carboxylic acids is 1. The summed E-state index contributed by atoms with van der Waals surface area (Å²) in [4.78, 5) is 17.1. The summed E-state index contributed by atoms with van der Waals surface area (Å²) in [6, 6.07) is 18.1. The van der Waals surface area contributed by atoms with Crippen molar-refractivity contribution in [1.29, 1.82) is 0 Å². The predicted octanol–water partition coefficient (Wildman–Crippen LogP) is 6.30. The minimum Gasteiger partial charge on any atom is -0.480 e. The van der Waals surface area contributed by atoms with Crippen molar-refractivity contribution in [1.82, 2.24) is 15.0 Å². The highest BCUT2D eigenvalue weighted by molar-refractivity contribution is 5.74. The van der Waals surface area contributed by atoms with E-state index < -0.39 is 17.7 Å². The predicted molar refractivity (Wildman–Crippen MR) is 129 cm³/mol. The van der Waals surface area contributed by atoms with E-state index >= 15 is 0 Å². The van der Waals surface area contributed by atoms with Crippen LogP contribution >= 0.6 is 0 Å². The largest absolute Gasteiger partial charge is 0.480 e. The molecule has 0 spiro atoms. The molecule has 0 unspecified atom stereocenters. The van der Waals surface area contributed by atoms with E-state index in [1.165, 1.54) is 6.07 Å². The molecule has 0 aliphatic heterocycles. The van der Waals surface area contributed by atoms with Gasteiger partial charge in [0.15, 0.2) is 0 Å². The SMILES string of the molecule is CCN(CC(=O)O)Cc1ccc(-c2noc(-c3ccc(-c4ccccc4C)c(C(F)(F)F)c3)n2)cc1. The number of hydrogen-bond donors (Lipinski definition) is 1. The lowest BCUT2D eigenvalue weighted by Gasteiger charge is -2.17. The first kappa shape index (κ1) is 25.1. The summed E-state index contributed by atoms with van der Waals surface area (Å²) in [5, 5.41) is 12.9. The van der Waals surface area contributed by atoms with Crippen LogP contribution in [0.2, 0.25) is 0 Å². The summed E-state index contributed by atoms with van der Waals surface area (Å²) in [6.45, 7) is 4.65. The highest BCUT2D eigenvalue weighted by atomic mass is 19.4. The van der Waals surface area contributed by atoms with Crippen molar-refractivity contribution < 1.29 is 27.6 Å². The summed E-state index contributed by atoms with van der Waals surface area (Å²) in [7, 11) is 0. The highest BCUT2D eigenvalue weighted by Crippen LogP contribution is 2.40. The average Bonchev–Trinajstić information content (AvgIpc) is 3.33. The molecule has 1 aromatic heterocycles. The second-order valence-corrected chi connectivity index (χ2v) is 8.39. The third-order valence-electron chi connectivity index (χ3n) is 5.86. The molecule has 186 valence electrons. The molecule has 0 amide bonds. The third kappa shape index (κ3) is 5.63. The maximum atomic E-state index is 14.0. The fraction of sp³-hybridized carbons (Fsp3) is 0.222. The number of carbonyl (C=O) groups is 1. The first-order valence-corrected chi connectivity index (χ1v) is 11.3. The van der Waals surface area contributed by atoms with Crippen molar-refractivity contribution in [2.75, 3.05) is 13.1 Å². The van der Waals surface area contributed by atoms with E-state index in [-0.39, 0.29) is 29.4 Å². The number of hydrogen-bond acceptors (Lipinski definition) is 5. The molecule has 0 atom stereocenters. The molecule has 1 heterocycles. The summed E-state index contributed by atoms with van der Waals surface area (Å²) < 4.78 is 47.2. The molecule has 6 nitrogen and oxygen atoms in total. The maximum absolute atomic E-state index is 14.0. The Morgan fingerprint density at radius 2 is 1.69 bits per heavy atom. The van der Waals surface area contributed by atoms with Crippen LogP contribution in [0.15, 0.2) is 71.3 Å². The van der Waals surface area contributed by atoms with Gasteiger partial charge in [0.05, 0.1) is 12.1 Å². The number of likely N-dealkylation sites (N-methyl/N-ethyl adjacent to an activating group) is 1. The Kier molecular flexibility index (Phi) is 7.21. The van der Waals surface area contributed by atoms with Gasteiger partial charge >= 0.3 is 12.1 Å². The second-order valence-electron chi connectivity index (χ2n) is 8.39. The zero-order chi connectivity index (χ0) is 25.9. The van der Waals surface area contributed by atoms with Gasteiger partial charge in [-0.1, -0.05) is 66.7 Å². The van der Waals surface area contributed by atoms with Gasteiger partial charge in [0.1, 0.15) is 0 Å². The van der Waals surface area contributed by atoms with Crippen LogP contribution in [-0.4, -0.2) is 39.2 Å². The monoisotopic (exact) mass is 495 g/mol. The van der Waals surface area contributed by atoms with Crippen LogP contribution in [0.5, 0.6) is 0 Å². The summed E-state index contributed by atoms with van der Waals surface area (Å²) in [5.74, 6) is -0.672. The molecule has 1 N–H and O–H groups in total. The first-order valence-electron chi connectivity index (χ1n) is 11.3. The maximum Gasteiger partial charge on any atom is 0.417 e. The van der Waals surface area contributed by atoms with Gasteiger partial charge in [-0.15, -0.1) is 0 Å². The molecule has 9 heteroatoms. The molecule has 0 radical (unpaired) electrons. The Balaban J connectivity index is 1.60. The fourth-order valence-corrected chi connectivity index (χ4v) is 3.97.